The number of halogens is 1. The maximum Gasteiger partial charge on any atom is 0.242 e. The molecule has 1 aromatic rings. The molecule has 0 amide bonds. The third kappa shape index (κ3) is 3.64. The lowest BCUT2D eigenvalue weighted by Gasteiger charge is -2.13. The zero-order valence-electron chi connectivity index (χ0n) is 10.7. The van der Waals surface area contributed by atoms with E-state index in [1.807, 2.05) is 4.72 Å². The molecule has 0 saturated heterocycles. The minimum Gasteiger partial charge on any atom is -0.281 e. The van der Waals surface area contributed by atoms with Crippen molar-refractivity contribution >= 4 is 25.7 Å². The Morgan fingerprint density at radius 2 is 1.79 bits per heavy atom. The SMILES string of the molecule is CCS(=O)(=O)Nc1cc(S(=O)(=O)N(C)C)ccc1F. The maximum atomic E-state index is 13.5. The molecule has 0 aliphatic carbocycles. The summed E-state index contributed by atoms with van der Waals surface area (Å²) in [6.45, 7) is 1.39. The maximum absolute atomic E-state index is 13.5. The fraction of sp³-hybridized carbons (Fsp3) is 0.400. The van der Waals surface area contributed by atoms with E-state index >= 15 is 0 Å². The highest BCUT2D eigenvalue weighted by Gasteiger charge is 2.20. The van der Waals surface area contributed by atoms with Crippen molar-refractivity contribution in [3.8, 4) is 0 Å². The summed E-state index contributed by atoms with van der Waals surface area (Å²) in [5.74, 6) is -1.08. The van der Waals surface area contributed by atoms with Gasteiger partial charge in [0, 0.05) is 14.1 Å². The number of nitrogens with zero attached hydrogens (tertiary/aromatic N) is 1. The summed E-state index contributed by atoms with van der Waals surface area (Å²) < 4.78 is 62.9. The van der Waals surface area contributed by atoms with Gasteiger partial charge in [-0.15, -0.1) is 0 Å². The summed E-state index contributed by atoms with van der Waals surface area (Å²) in [6, 6.07) is 2.94. The van der Waals surface area contributed by atoms with Gasteiger partial charge in [0.2, 0.25) is 20.0 Å². The molecule has 0 aliphatic heterocycles. The minimum atomic E-state index is -3.75. The molecule has 0 saturated carbocycles. The first-order chi connectivity index (χ1) is 8.60. The van der Waals surface area contributed by atoms with Gasteiger partial charge in [-0.25, -0.2) is 25.5 Å². The van der Waals surface area contributed by atoms with E-state index in [1.165, 1.54) is 21.0 Å². The van der Waals surface area contributed by atoms with Crippen LogP contribution in [0, 0.1) is 5.82 Å². The second-order valence-corrected chi connectivity index (χ2v) is 8.10. The Hall–Kier alpha value is -1.19. The monoisotopic (exact) mass is 310 g/mol. The summed E-state index contributed by atoms with van der Waals surface area (Å²) >= 11 is 0. The Morgan fingerprint density at radius 1 is 1.21 bits per heavy atom. The van der Waals surface area contributed by atoms with Crippen LogP contribution in [0.15, 0.2) is 23.1 Å². The van der Waals surface area contributed by atoms with Crippen molar-refractivity contribution in [3.05, 3.63) is 24.0 Å². The molecular weight excluding hydrogens is 295 g/mol. The summed E-state index contributed by atoms with van der Waals surface area (Å²) in [7, 11) is -4.77. The van der Waals surface area contributed by atoms with Crippen LogP contribution in [0.1, 0.15) is 6.92 Å². The highest BCUT2D eigenvalue weighted by atomic mass is 32.2. The molecule has 1 rings (SSSR count). The van der Waals surface area contributed by atoms with Crippen LogP contribution in [-0.4, -0.2) is 41.0 Å². The van der Waals surface area contributed by atoms with Gasteiger partial charge in [-0.1, -0.05) is 0 Å². The second-order valence-electron chi connectivity index (χ2n) is 3.93. The van der Waals surface area contributed by atoms with Crippen molar-refractivity contribution in [3.63, 3.8) is 0 Å². The van der Waals surface area contributed by atoms with Crippen molar-refractivity contribution in [1.82, 2.24) is 4.31 Å². The van der Waals surface area contributed by atoms with Crippen LogP contribution in [0.25, 0.3) is 0 Å². The van der Waals surface area contributed by atoms with Crippen LogP contribution in [0.2, 0.25) is 0 Å². The van der Waals surface area contributed by atoms with Crippen LogP contribution in [0.5, 0.6) is 0 Å². The Kier molecular flexibility index (Phi) is 4.54. The topological polar surface area (TPSA) is 83.5 Å². The molecule has 0 radical (unpaired) electrons. The third-order valence-electron chi connectivity index (χ3n) is 2.36. The molecule has 0 aromatic heterocycles. The van der Waals surface area contributed by atoms with E-state index in [-0.39, 0.29) is 16.3 Å². The Balaban J connectivity index is 3.30. The third-order valence-corrected chi connectivity index (χ3v) is 5.46. The van der Waals surface area contributed by atoms with Crippen molar-refractivity contribution in [2.75, 3.05) is 24.6 Å². The molecule has 6 nitrogen and oxygen atoms in total. The first-order valence-electron chi connectivity index (χ1n) is 5.32. The van der Waals surface area contributed by atoms with Gasteiger partial charge >= 0.3 is 0 Å². The fourth-order valence-electron chi connectivity index (χ4n) is 1.19. The number of nitrogens with one attached hydrogen (secondary N) is 1. The van der Waals surface area contributed by atoms with Gasteiger partial charge in [-0.05, 0) is 25.1 Å². The lowest BCUT2D eigenvalue weighted by atomic mass is 10.3. The molecule has 0 aliphatic rings. The molecule has 1 aromatic carbocycles. The van der Waals surface area contributed by atoms with Gasteiger partial charge in [0.25, 0.3) is 0 Å². The molecule has 0 bridgehead atoms. The van der Waals surface area contributed by atoms with Gasteiger partial charge in [0.05, 0.1) is 16.3 Å². The number of benzene rings is 1. The average Bonchev–Trinajstić information content (AvgIpc) is 2.31. The van der Waals surface area contributed by atoms with Crippen molar-refractivity contribution in [2.24, 2.45) is 0 Å². The van der Waals surface area contributed by atoms with Gasteiger partial charge in [0.1, 0.15) is 5.82 Å². The highest BCUT2D eigenvalue weighted by molar-refractivity contribution is 7.92. The summed E-state index contributed by atoms with van der Waals surface area (Å²) in [5, 5.41) is 0. The molecule has 0 unspecified atom stereocenters. The van der Waals surface area contributed by atoms with Gasteiger partial charge < -0.3 is 0 Å². The van der Waals surface area contributed by atoms with Crippen LogP contribution in [-0.2, 0) is 20.0 Å². The average molecular weight is 310 g/mol. The molecule has 0 spiro atoms. The largest absolute Gasteiger partial charge is 0.281 e. The van der Waals surface area contributed by atoms with Gasteiger partial charge in [-0.3, -0.25) is 4.72 Å². The molecule has 0 heterocycles. The van der Waals surface area contributed by atoms with E-state index < -0.39 is 25.9 Å². The molecular formula is C10H15FN2O4S2. The lowest BCUT2D eigenvalue weighted by molar-refractivity contribution is 0.520. The second kappa shape index (κ2) is 5.43. The van der Waals surface area contributed by atoms with Gasteiger partial charge in [0.15, 0.2) is 0 Å². The molecule has 108 valence electrons. The predicted molar refractivity (Wildman–Crippen MR) is 70.4 cm³/mol. The molecule has 0 fully saturated rings. The first kappa shape index (κ1) is 15.9. The predicted octanol–water partition coefficient (Wildman–Crippen LogP) is 0.838. The lowest BCUT2D eigenvalue weighted by Crippen LogP contribution is -2.23. The molecule has 19 heavy (non-hydrogen) atoms. The van der Waals surface area contributed by atoms with Crippen LogP contribution >= 0.6 is 0 Å². The fourth-order valence-corrected chi connectivity index (χ4v) is 2.76. The number of sulfonamides is 2. The van der Waals surface area contributed by atoms with Crippen LogP contribution < -0.4 is 4.72 Å². The standard InChI is InChI=1S/C10H15FN2O4S2/c1-4-18(14,15)12-10-7-8(5-6-9(10)11)19(16,17)13(2)3/h5-7,12H,4H2,1-3H3. The zero-order valence-corrected chi connectivity index (χ0v) is 12.3. The van der Waals surface area contributed by atoms with E-state index in [0.717, 1.165) is 22.5 Å². The quantitative estimate of drug-likeness (QED) is 0.873. The van der Waals surface area contributed by atoms with E-state index in [0.29, 0.717) is 0 Å². The number of hydrogen-bond donors (Lipinski definition) is 1. The molecule has 1 N–H and O–H groups in total. The van der Waals surface area contributed by atoms with Crippen LogP contribution in [0.3, 0.4) is 0 Å². The van der Waals surface area contributed by atoms with Crippen molar-refractivity contribution in [2.45, 2.75) is 11.8 Å². The summed E-state index contributed by atoms with van der Waals surface area (Å²) in [5.41, 5.74) is -0.384. The number of hydrogen-bond acceptors (Lipinski definition) is 4. The number of rotatable bonds is 5. The van der Waals surface area contributed by atoms with E-state index in [9.17, 15) is 21.2 Å². The van der Waals surface area contributed by atoms with Crippen molar-refractivity contribution in [1.29, 1.82) is 0 Å². The first-order valence-corrected chi connectivity index (χ1v) is 8.42. The molecule has 0 atom stereocenters. The van der Waals surface area contributed by atoms with E-state index in [2.05, 4.69) is 0 Å². The van der Waals surface area contributed by atoms with Crippen molar-refractivity contribution < 1.29 is 21.2 Å². The minimum absolute atomic E-state index is 0.187. The number of anilines is 1. The summed E-state index contributed by atoms with van der Waals surface area (Å²) in [4.78, 5) is -0.187. The van der Waals surface area contributed by atoms with E-state index in [4.69, 9.17) is 0 Å². The van der Waals surface area contributed by atoms with E-state index in [1.54, 1.807) is 0 Å². The highest BCUT2D eigenvalue weighted by Crippen LogP contribution is 2.22. The normalized spacial score (nSPS) is 12.7. The molecule has 9 heteroatoms. The Bertz CT molecular complexity index is 669. The zero-order chi connectivity index (χ0) is 14.8. The Morgan fingerprint density at radius 3 is 2.26 bits per heavy atom. The Labute approximate surface area is 112 Å². The van der Waals surface area contributed by atoms with Crippen LogP contribution in [0.4, 0.5) is 10.1 Å². The smallest absolute Gasteiger partial charge is 0.242 e. The summed E-state index contributed by atoms with van der Waals surface area (Å²) in [6.07, 6.45) is 0. The van der Waals surface area contributed by atoms with Gasteiger partial charge in [-0.2, -0.15) is 0 Å².